The first-order chi connectivity index (χ1) is 11.5. The highest BCUT2D eigenvalue weighted by atomic mass is 127. The lowest BCUT2D eigenvalue weighted by atomic mass is 10.2. The van der Waals surface area contributed by atoms with Crippen molar-refractivity contribution in [3.63, 3.8) is 0 Å². The SMILES string of the molecule is CN(CCCNc1c(I)cc(C#N)cc1[N+](=O)[O-])C(=O)OC(C)(C)C. The average Bonchev–Trinajstić information content (AvgIpc) is 2.49. The van der Waals surface area contributed by atoms with E-state index in [1.54, 1.807) is 33.9 Å². The number of hydrogen-bond donors (Lipinski definition) is 1. The third-order valence-corrected chi connectivity index (χ3v) is 3.92. The summed E-state index contributed by atoms with van der Waals surface area (Å²) in [6.45, 7) is 6.28. The van der Waals surface area contributed by atoms with Crippen LogP contribution in [0.4, 0.5) is 16.2 Å². The van der Waals surface area contributed by atoms with Gasteiger partial charge in [0.15, 0.2) is 0 Å². The second-order valence-electron chi connectivity index (χ2n) is 6.40. The van der Waals surface area contributed by atoms with Crippen LogP contribution in [-0.4, -0.2) is 41.7 Å². The van der Waals surface area contributed by atoms with Crippen LogP contribution in [0.3, 0.4) is 0 Å². The third-order valence-electron chi connectivity index (χ3n) is 3.07. The molecule has 1 N–H and O–H groups in total. The fourth-order valence-electron chi connectivity index (χ4n) is 1.94. The number of anilines is 1. The number of amides is 1. The molecule has 0 spiro atoms. The molecule has 8 nitrogen and oxygen atoms in total. The van der Waals surface area contributed by atoms with Crippen LogP contribution in [0.1, 0.15) is 32.8 Å². The predicted molar refractivity (Wildman–Crippen MR) is 102 cm³/mol. The van der Waals surface area contributed by atoms with E-state index in [4.69, 9.17) is 10.00 Å². The van der Waals surface area contributed by atoms with E-state index >= 15 is 0 Å². The van der Waals surface area contributed by atoms with Gasteiger partial charge in [-0.1, -0.05) is 0 Å². The number of ether oxygens (including phenoxy) is 1. The smallest absolute Gasteiger partial charge is 0.410 e. The quantitative estimate of drug-likeness (QED) is 0.300. The van der Waals surface area contributed by atoms with Gasteiger partial charge in [-0.3, -0.25) is 10.1 Å². The summed E-state index contributed by atoms with van der Waals surface area (Å²) < 4.78 is 5.86. The molecule has 0 heterocycles. The Kier molecular flexibility index (Phi) is 7.41. The molecule has 0 aliphatic carbocycles. The first-order valence-electron chi connectivity index (χ1n) is 7.61. The van der Waals surface area contributed by atoms with E-state index in [2.05, 4.69) is 5.32 Å². The lowest BCUT2D eigenvalue weighted by Crippen LogP contribution is -2.35. The van der Waals surface area contributed by atoms with Crippen LogP contribution in [0, 0.1) is 25.0 Å². The molecular formula is C16H21IN4O4. The van der Waals surface area contributed by atoms with E-state index < -0.39 is 16.6 Å². The van der Waals surface area contributed by atoms with Crippen LogP contribution in [-0.2, 0) is 4.74 Å². The highest BCUT2D eigenvalue weighted by Crippen LogP contribution is 2.31. The molecule has 1 rings (SSSR count). The van der Waals surface area contributed by atoms with E-state index in [9.17, 15) is 14.9 Å². The lowest BCUT2D eigenvalue weighted by Gasteiger charge is -2.24. The largest absolute Gasteiger partial charge is 0.444 e. The molecule has 1 aromatic rings. The van der Waals surface area contributed by atoms with Gasteiger partial charge in [-0.15, -0.1) is 0 Å². The fourth-order valence-corrected chi connectivity index (χ4v) is 2.74. The maximum absolute atomic E-state index is 11.9. The number of rotatable bonds is 6. The monoisotopic (exact) mass is 460 g/mol. The zero-order chi connectivity index (χ0) is 19.2. The van der Waals surface area contributed by atoms with Crippen molar-refractivity contribution in [2.45, 2.75) is 32.8 Å². The zero-order valence-electron chi connectivity index (χ0n) is 14.6. The Hall–Kier alpha value is -2.09. The highest BCUT2D eigenvalue weighted by Gasteiger charge is 2.20. The highest BCUT2D eigenvalue weighted by molar-refractivity contribution is 14.1. The molecule has 9 heteroatoms. The molecule has 0 aromatic heterocycles. The molecule has 0 atom stereocenters. The number of hydrogen-bond acceptors (Lipinski definition) is 6. The summed E-state index contributed by atoms with van der Waals surface area (Å²) in [6, 6.07) is 4.74. The number of nitro benzene ring substituents is 1. The first-order valence-corrected chi connectivity index (χ1v) is 8.69. The van der Waals surface area contributed by atoms with Crippen LogP contribution in [0.25, 0.3) is 0 Å². The second-order valence-corrected chi connectivity index (χ2v) is 7.57. The Labute approximate surface area is 160 Å². The minimum absolute atomic E-state index is 0.135. The summed E-state index contributed by atoms with van der Waals surface area (Å²) >= 11 is 1.96. The van der Waals surface area contributed by atoms with Gasteiger partial charge in [0.2, 0.25) is 0 Å². The summed E-state index contributed by atoms with van der Waals surface area (Å²) in [5.74, 6) is 0. The van der Waals surface area contributed by atoms with Crippen LogP contribution in [0.15, 0.2) is 12.1 Å². The van der Waals surface area contributed by atoms with Gasteiger partial charge in [-0.2, -0.15) is 5.26 Å². The van der Waals surface area contributed by atoms with E-state index in [1.807, 2.05) is 28.7 Å². The van der Waals surface area contributed by atoms with Crippen molar-refractivity contribution in [1.29, 1.82) is 5.26 Å². The van der Waals surface area contributed by atoms with Crippen molar-refractivity contribution in [2.75, 3.05) is 25.5 Å². The molecule has 0 radical (unpaired) electrons. The molecule has 0 aliphatic rings. The topological polar surface area (TPSA) is 109 Å². The van der Waals surface area contributed by atoms with Gasteiger partial charge >= 0.3 is 6.09 Å². The van der Waals surface area contributed by atoms with E-state index in [-0.39, 0.29) is 11.3 Å². The summed E-state index contributed by atoms with van der Waals surface area (Å²) in [4.78, 5) is 24.0. The maximum Gasteiger partial charge on any atom is 0.410 e. The van der Waals surface area contributed by atoms with E-state index in [0.29, 0.717) is 28.8 Å². The number of nitriles is 1. The van der Waals surface area contributed by atoms with Gasteiger partial charge in [0.05, 0.1) is 16.6 Å². The van der Waals surface area contributed by atoms with E-state index in [1.165, 1.54) is 11.0 Å². The van der Waals surface area contributed by atoms with Gasteiger partial charge < -0.3 is 15.0 Å². The standard InChI is InChI=1S/C16H21IN4O4/c1-16(2,3)25-15(22)20(4)7-5-6-19-14-12(17)8-11(10-18)9-13(14)21(23)24/h8-9,19H,5-7H2,1-4H3. The number of nitro groups is 1. The molecule has 1 amide bonds. The molecule has 0 bridgehead atoms. The Morgan fingerprint density at radius 1 is 1.48 bits per heavy atom. The van der Waals surface area contributed by atoms with Gasteiger partial charge in [0.25, 0.3) is 5.69 Å². The molecule has 0 saturated carbocycles. The van der Waals surface area contributed by atoms with Gasteiger partial charge in [-0.05, 0) is 55.8 Å². The lowest BCUT2D eigenvalue weighted by molar-refractivity contribution is -0.384. The number of halogens is 1. The van der Waals surface area contributed by atoms with Crippen molar-refractivity contribution in [3.05, 3.63) is 31.4 Å². The number of nitrogens with zero attached hydrogens (tertiary/aromatic N) is 3. The van der Waals surface area contributed by atoms with Crippen molar-refractivity contribution in [1.82, 2.24) is 4.90 Å². The summed E-state index contributed by atoms with van der Waals surface area (Å²) in [5, 5.41) is 23.1. The zero-order valence-corrected chi connectivity index (χ0v) is 16.8. The Morgan fingerprint density at radius 2 is 2.12 bits per heavy atom. The minimum Gasteiger partial charge on any atom is -0.444 e. The van der Waals surface area contributed by atoms with Gasteiger partial charge in [0.1, 0.15) is 11.3 Å². The molecule has 136 valence electrons. The second kappa shape index (κ2) is 8.84. The van der Waals surface area contributed by atoms with E-state index in [0.717, 1.165) is 0 Å². The van der Waals surface area contributed by atoms with Crippen LogP contribution in [0.2, 0.25) is 0 Å². The average molecular weight is 460 g/mol. The van der Waals surface area contributed by atoms with Crippen molar-refractivity contribution in [3.8, 4) is 6.07 Å². The van der Waals surface area contributed by atoms with Crippen molar-refractivity contribution >= 4 is 40.1 Å². The molecular weight excluding hydrogens is 439 g/mol. The molecule has 0 fully saturated rings. The number of benzene rings is 1. The van der Waals surface area contributed by atoms with Crippen LogP contribution >= 0.6 is 22.6 Å². The fraction of sp³-hybridized carbons (Fsp3) is 0.500. The molecule has 25 heavy (non-hydrogen) atoms. The minimum atomic E-state index is -0.553. The molecule has 0 saturated heterocycles. The maximum atomic E-state index is 11.9. The van der Waals surface area contributed by atoms with Crippen molar-refractivity contribution < 1.29 is 14.5 Å². The molecule has 1 aromatic carbocycles. The van der Waals surface area contributed by atoms with Crippen molar-refractivity contribution in [2.24, 2.45) is 0 Å². The molecule has 0 aliphatic heterocycles. The predicted octanol–water partition coefficient (Wildman–Crippen LogP) is 3.74. The Morgan fingerprint density at radius 3 is 2.64 bits per heavy atom. The first kappa shape index (κ1) is 21.0. The Balaban J connectivity index is 2.64. The van der Waals surface area contributed by atoms with Gasteiger partial charge in [0, 0.05) is 29.8 Å². The Bertz CT molecular complexity index is 695. The third kappa shape index (κ3) is 6.74. The van der Waals surface area contributed by atoms with Crippen LogP contribution in [0.5, 0.6) is 0 Å². The number of carbonyl (C=O) groups is 1. The van der Waals surface area contributed by atoms with Crippen LogP contribution < -0.4 is 5.32 Å². The van der Waals surface area contributed by atoms with Gasteiger partial charge in [-0.25, -0.2) is 4.79 Å². The summed E-state index contributed by atoms with van der Waals surface area (Å²) in [5.41, 5.74) is -0.0669. The number of carbonyl (C=O) groups excluding carboxylic acids is 1. The summed E-state index contributed by atoms with van der Waals surface area (Å²) in [7, 11) is 1.64. The normalized spacial score (nSPS) is 10.7. The summed E-state index contributed by atoms with van der Waals surface area (Å²) in [6.07, 6.45) is 0.176. The number of nitrogens with one attached hydrogen (secondary N) is 1. The molecule has 0 unspecified atom stereocenters.